The molecule has 0 spiro atoms. The first-order chi connectivity index (χ1) is 16.0. The fraction of sp³-hybridized carbons (Fsp3) is 0.360. The summed E-state index contributed by atoms with van der Waals surface area (Å²) < 4.78 is 11.3. The molecule has 4 heterocycles. The topological polar surface area (TPSA) is 89.5 Å². The fourth-order valence-electron chi connectivity index (χ4n) is 4.51. The van der Waals surface area contributed by atoms with Crippen LogP contribution in [0.3, 0.4) is 0 Å². The second kappa shape index (κ2) is 8.69. The van der Waals surface area contributed by atoms with Crippen molar-refractivity contribution in [3.05, 3.63) is 64.7 Å². The minimum Gasteiger partial charge on any atom is -0.486 e. The van der Waals surface area contributed by atoms with Gasteiger partial charge in [-0.25, -0.2) is 9.97 Å². The fourth-order valence-corrected chi connectivity index (χ4v) is 4.51. The number of nitrogens with one attached hydrogen (secondary N) is 1. The van der Waals surface area contributed by atoms with E-state index in [1.807, 2.05) is 49.9 Å². The van der Waals surface area contributed by atoms with E-state index >= 15 is 0 Å². The average Bonchev–Trinajstić information content (AvgIpc) is 3.27. The number of likely N-dealkylation sites (tertiary alicyclic amines) is 1. The van der Waals surface area contributed by atoms with E-state index in [0.717, 1.165) is 41.3 Å². The summed E-state index contributed by atoms with van der Waals surface area (Å²) in [6.45, 7) is 7.56. The first-order valence-corrected chi connectivity index (χ1v) is 11.2. The number of benzene rings is 1. The van der Waals surface area contributed by atoms with E-state index in [4.69, 9.17) is 14.5 Å². The second-order valence-electron chi connectivity index (χ2n) is 8.54. The summed E-state index contributed by atoms with van der Waals surface area (Å²) >= 11 is 0. The number of rotatable bonds is 4. The molecule has 1 fully saturated rings. The number of pyridine rings is 1. The molecule has 5 rings (SSSR count). The smallest absolute Gasteiger partial charge is 0.254 e. The van der Waals surface area contributed by atoms with Crippen molar-refractivity contribution in [1.29, 1.82) is 0 Å². The number of aromatic nitrogens is 3. The van der Waals surface area contributed by atoms with E-state index in [-0.39, 0.29) is 11.9 Å². The second-order valence-corrected chi connectivity index (χ2v) is 8.54. The Morgan fingerprint density at radius 2 is 1.67 bits per heavy atom. The predicted octanol–water partition coefficient (Wildman–Crippen LogP) is 4.29. The van der Waals surface area contributed by atoms with Gasteiger partial charge in [0.1, 0.15) is 13.2 Å². The molecule has 1 atom stereocenters. The molecule has 0 radical (unpaired) electrons. The quantitative estimate of drug-likeness (QED) is 0.641. The van der Waals surface area contributed by atoms with Crippen LogP contribution in [0.25, 0.3) is 0 Å². The molecule has 1 unspecified atom stereocenters. The molecule has 8 heteroatoms. The van der Waals surface area contributed by atoms with Gasteiger partial charge in [-0.05, 0) is 70.0 Å². The molecule has 2 aromatic heterocycles. The summed E-state index contributed by atoms with van der Waals surface area (Å²) in [5.74, 6) is 1.83. The van der Waals surface area contributed by atoms with Gasteiger partial charge < -0.3 is 19.7 Å². The maximum atomic E-state index is 13.4. The van der Waals surface area contributed by atoms with Crippen LogP contribution in [0.1, 0.15) is 52.0 Å². The van der Waals surface area contributed by atoms with Crippen LogP contribution in [0, 0.1) is 20.8 Å². The van der Waals surface area contributed by atoms with Crippen LogP contribution in [0.5, 0.6) is 11.5 Å². The van der Waals surface area contributed by atoms with Crippen molar-refractivity contribution in [2.45, 2.75) is 39.7 Å². The highest BCUT2D eigenvalue weighted by Gasteiger charge is 2.32. The zero-order valence-corrected chi connectivity index (χ0v) is 19.1. The summed E-state index contributed by atoms with van der Waals surface area (Å²) in [5.41, 5.74) is 5.01. The van der Waals surface area contributed by atoms with Crippen LogP contribution in [-0.2, 0) is 0 Å². The molecule has 0 saturated carbocycles. The van der Waals surface area contributed by atoms with Gasteiger partial charge in [0.25, 0.3) is 5.91 Å². The van der Waals surface area contributed by atoms with Crippen molar-refractivity contribution in [3.63, 3.8) is 0 Å². The van der Waals surface area contributed by atoms with Crippen molar-refractivity contribution >= 4 is 17.5 Å². The van der Waals surface area contributed by atoms with Crippen molar-refractivity contribution < 1.29 is 14.3 Å². The number of aryl methyl sites for hydroxylation is 3. The Morgan fingerprint density at radius 1 is 0.939 bits per heavy atom. The van der Waals surface area contributed by atoms with Crippen molar-refractivity contribution in [1.82, 2.24) is 19.9 Å². The Labute approximate surface area is 193 Å². The monoisotopic (exact) mass is 445 g/mol. The standard InChI is InChI=1S/C25H27N5O3/c1-15-11-16(2)28-25(27-15)29-19-12-17(3)26-20(14-19)21-5-4-8-30(21)24(31)18-6-7-22-23(13-18)33-10-9-32-22/h6-7,11-14,21H,4-5,8-10H2,1-3H3,(H,26,27,28,29). The van der Waals surface area contributed by atoms with Crippen LogP contribution >= 0.6 is 0 Å². The Hall–Kier alpha value is -3.68. The van der Waals surface area contributed by atoms with E-state index in [2.05, 4.69) is 15.3 Å². The van der Waals surface area contributed by atoms with E-state index < -0.39 is 0 Å². The Balaban J connectivity index is 1.41. The molecule has 33 heavy (non-hydrogen) atoms. The van der Waals surface area contributed by atoms with E-state index in [1.165, 1.54) is 0 Å². The molecule has 0 aliphatic carbocycles. The summed E-state index contributed by atoms with van der Waals surface area (Å²) in [4.78, 5) is 29.0. The van der Waals surface area contributed by atoms with Gasteiger partial charge in [0.2, 0.25) is 5.95 Å². The molecular formula is C25H27N5O3. The molecule has 2 aliphatic rings. The lowest BCUT2D eigenvalue weighted by Gasteiger charge is -2.26. The molecule has 0 bridgehead atoms. The lowest BCUT2D eigenvalue weighted by atomic mass is 10.1. The highest BCUT2D eigenvalue weighted by Crippen LogP contribution is 2.36. The Kier molecular flexibility index (Phi) is 5.58. The van der Waals surface area contributed by atoms with Crippen LogP contribution in [-0.4, -0.2) is 45.5 Å². The Bertz CT molecular complexity index is 1190. The average molecular weight is 446 g/mol. The Morgan fingerprint density at radius 3 is 2.45 bits per heavy atom. The minimum absolute atomic E-state index is 0.0232. The van der Waals surface area contributed by atoms with Crippen molar-refractivity contribution in [2.24, 2.45) is 0 Å². The maximum absolute atomic E-state index is 13.4. The first kappa shape index (κ1) is 21.2. The highest BCUT2D eigenvalue weighted by atomic mass is 16.6. The third kappa shape index (κ3) is 4.46. The number of hydrogen-bond acceptors (Lipinski definition) is 7. The third-order valence-corrected chi connectivity index (χ3v) is 5.86. The third-order valence-electron chi connectivity index (χ3n) is 5.86. The number of anilines is 2. The summed E-state index contributed by atoms with van der Waals surface area (Å²) in [5, 5.41) is 3.30. The summed E-state index contributed by atoms with van der Waals surface area (Å²) in [7, 11) is 0. The molecule has 1 N–H and O–H groups in total. The normalized spacial score (nSPS) is 17.2. The van der Waals surface area contributed by atoms with E-state index in [0.29, 0.717) is 42.8 Å². The molecule has 1 aromatic carbocycles. The number of ether oxygens (including phenoxy) is 2. The summed E-state index contributed by atoms with van der Waals surface area (Å²) in [6.07, 6.45) is 1.80. The number of carbonyl (C=O) groups is 1. The highest BCUT2D eigenvalue weighted by molar-refractivity contribution is 5.95. The number of nitrogens with zero attached hydrogens (tertiary/aromatic N) is 4. The minimum atomic E-state index is -0.0914. The van der Waals surface area contributed by atoms with Gasteiger partial charge in [0.05, 0.1) is 11.7 Å². The van der Waals surface area contributed by atoms with Crippen molar-refractivity contribution in [3.8, 4) is 11.5 Å². The molecule has 3 aromatic rings. The SMILES string of the molecule is Cc1cc(Nc2nc(C)cc(C)n2)cc(C2CCCN2C(=O)c2ccc3c(c2)OCCO3)n1. The van der Waals surface area contributed by atoms with Crippen LogP contribution in [0.4, 0.5) is 11.6 Å². The first-order valence-electron chi connectivity index (χ1n) is 11.2. The zero-order valence-electron chi connectivity index (χ0n) is 19.1. The van der Waals surface area contributed by atoms with Crippen molar-refractivity contribution in [2.75, 3.05) is 25.1 Å². The largest absolute Gasteiger partial charge is 0.486 e. The number of carbonyl (C=O) groups excluding carboxylic acids is 1. The zero-order chi connectivity index (χ0) is 22.9. The van der Waals surface area contributed by atoms with Crippen LogP contribution < -0.4 is 14.8 Å². The molecule has 170 valence electrons. The van der Waals surface area contributed by atoms with Gasteiger partial charge in [-0.2, -0.15) is 0 Å². The number of amides is 1. The van der Waals surface area contributed by atoms with Crippen LogP contribution in [0.15, 0.2) is 36.4 Å². The lowest BCUT2D eigenvalue weighted by molar-refractivity contribution is 0.0731. The molecule has 1 amide bonds. The van der Waals surface area contributed by atoms with Gasteiger partial charge in [-0.3, -0.25) is 9.78 Å². The summed E-state index contributed by atoms with van der Waals surface area (Å²) in [6, 6.07) is 11.2. The van der Waals surface area contributed by atoms with E-state index in [1.54, 1.807) is 12.1 Å². The lowest BCUT2D eigenvalue weighted by Crippen LogP contribution is -2.31. The molecule has 2 aliphatic heterocycles. The molecule has 1 saturated heterocycles. The predicted molar refractivity (Wildman–Crippen MR) is 124 cm³/mol. The maximum Gasteiger partial charge on any atom is 0.254 e. The van der Waals surface area contributed by atoms with Gasteiger partial charge in [0.15, 0.2) is 11.5 Å². The van der Waals surface area contributed by atoms with Gasteiger partial charge in [-0.15, -0.1) is 0 Å². The number of fused-ring (bicyclic) bond motifs is 1. The molecular weight excluding hydrogens is 418 g/mol. The van der Waals surface area contributed by atoms with Gasteiger partial charge >= 0.3 is 0 Å². The van der Waals surface area contributed by atoms with E-state index in [9.17, 15) is 4.79 Å². The number of hydrogen-bond donors (Lipinski definition) is 1. The van der Waals surface area contributed by atoms with Crippen LogP contribution in [0.2, 0.25) is 0 Å². The van der Waals surface area contributed by atoms with Gasteiger partial charge in [-0.1, -0.05) is 0 Å². The van der Waals surface area contributed by atoms with Gasteiger partial charge in [0, 0.05) is 34.9 Å². The molecule has 8 nitrogen and oxygen atoms in total.